The van der Waals surface area contributed by atoms with Gasteiger partial charge in [0.25, 0.3) is 0 Å². The first-order valence-corrected chi connectivity index (χ1v) is 10.9. The van der Waals surface area contributed by atoms with Gasteiger partial charge in [-0.15, -0.1) is 0 Å². The second kappa shape index (κ2) is 8.34. The topological polar surface area (TPSA) is 112 Å². The first kappa shape index (κ1) is 21.4. The standard InChI is InChI=1S/C23H31N5O3/c1-14(16-8-21(29)26-11-16)31-20-7-15(17(9-24)10-25-12-23(2,3)30)6-19-22(20)28(13-27-19)18-4-5-18/h6-7,9-10,13-14,16,18,24-25,30H,4-5,8,11-12H2,1-3H3,(H,26,29)/b17-10+,24-9?/t14-,16-/m1/s1. The van der Waals surface area contributed by atoms with E-state index in [0.29, 0.717) is 31.1 Å². The number of benzene rings is 1. The summed E-state index contributed by atoms with van der Waals surface area (Å²) in [6.07, 6.45) is 7.48. The van der Waals surface area contributed by atoms with E-state index in [1.807, 2.05) is 25.4 Å². The Morgan fingerprint density at radius 3 is 2.87 bits per heavy atom. The van der Waals surface area contributed by atoms with Gasteiger partial charge in [-0.3, -0.25) is 4.79 Å². The van der Waals surface area contributed by atoms with Crippen LogP contribution in [0.15, 0.2) is 24.7 Å². The van der Waals surface area contributed by atoms with Gasteiger partial charge in [-0.25, -0.2) is 4.98 Å². The van der Waals surface area contributed by atoms with Gasteiger partial charge in [-0.05, 0) is 51.3 Å². The average molecular weight is 426 g/mol. The summed E-state index contributed by atoms with van der Waals surface area (Å²) in [5, 5.41) is 23.8. The number of allylic oxidation sites excluding steroid dienone is 1. The summed E-state index contributed by atoms with van der Waals surface area (Å²) < 4.78 is 8.60. The van der Waals surface area contributed by atoms with Crippen molar-refractivity contribution in [2.45, 2.75) is 57.8 Å². The highest BCUT2D eigenvalue weighted by molar-refractivity contribution is 6.09. The molecule has 0 bridgehead atoms. The molecule has 1 saturated carbocycles. The minimum atomic E-state index is -0.854. The lowest BCUT2D eigenvalue weighted by atomic mass is 10.0. The second-order valence-corrected chi connectivity index (χ2v) is 9.25. The van der Waals surface area contributed by atoms with Gasteiger partial charge < -0.3 is 30.5 Å². The van der Waals surface area contributed by atoms with E-state index in [-0.39, 0.29) is 17.9 Å². The molecule has 0 unspecified atom stereocenters. The lowest BCUT2D eigenvalue weighted by Crippen LogP contribution is -2.32. The van der Waals surface area contributed by atoms with E-state index in [2.05, 4.69) is 20.2 Å². The number of amides is 1. The predicted molar refractivity (Wildman–Crippen MR) is 120 cm³/mol. The summed E-state index contributed by atoms with van der Waals surface area (Å²) in [6, 6.07) is 4.37. The molecule has 1 aromatic carbocycles. The zero-order valence-electron chi connectivity index (χ0n) is 18.3. The molecular weight excluding hydrogens is 394 g/mol. The number of fused-ring (bicyclic) bond motifs is 1. The first-order chi connectivity index (χ1) is 14.7. The Kier molecular flexibility index (Phi) is 5.75. The molecule has 1 aliphatic heterocycles. The lowest BCUT2D eigenvalue weighted by Gasteiger charge is -2.21. The highest BCUT2D eigenvalue weighted by Gasteiger charge is 2.30. The summed E-state index contributed by atoms with van der Waals surface area (Å²) in [4.78, 5) is 16.3. The van der Waals surface area contributed by atoms with Crippen LogP contribution in [0.5, 0.6) is 5.75 Å². The van der Waals surface area contributed by atoms with Crippen LogP contribution >= 0.6 is 0 Å². The minimum absolute atomic E-state index is 0.0641. The molecule has 4 N–H and O–H groups in total. The van der Waals surface area contributed by atoms with Crippen molar-refractivity contribution in [3.8, 4) is 5.75 Å². The van der Waals surface area contributed by atoms with Crippen LogP contribution in [0.4, 0.5) is 0 Å². The van der Waals surface area contributed by atoms with Crippen LogP contribution in [0.3, 0.4) is 0 Å². The third kappa shape index (κ3) is 4.90. The maximum absolute atomic E-state index is 11.6. The molecule has 1 aromatic heterocycles. The number of aliphatic hydroxyl groups is 1. The molecule has 2 heterocycles. The number of carbonyl (C=O) groups is 1. The molecule has 0 radical (unpaired) electrons. The van der Waals surface area contributed by atoms with Gasteiger partial charge in [-0.2, -0.15) is 0 Å². The van der Waals surface area contributed by atoms with Crippen LogP contribution in [-0.2, 0) is 4.79 Å². The zero-order chi connectivity index (χ0) is 22.2. The Labute approximate surface area is 182 Å². The molecule has 4 rings (SSSR count). The number of nitrogens with zero attached hydrogens (tertiary/aromatic N) is 2. The summed E-state index contributed by atoms with van der Waals surface area (Å²) >= 11 is 0. The van der Waals surface area contributed by atoms with E-state index in [4.69, 9.17) is 10.1 Å². The second-order valence-electron chi connectivity index (χ2n) is 9.25. The summed E-state index contributed by atoms with van der Waals surface area (Å²) in [5.74, 6) is 0.906. The van der Waals surface area contributed by atoms with Crippen LogP contribution in [-0.4, -0.2) is 51.6 Å². The molecule has 2 aromatic rings. The molecule has 2 aliphatic rings. The number of hydrogen-bond donors (Lipinski definition) is 4. The third-order valence-corrected chi connectivity index (χ3v) is 5.84. The minimum Gasteiger partial charge on any atom is -0.488 e. The van der Waals surface area contributed by atoms with Crippen molar-refractivity contribution in [3.05, 3.63) is 30.2 Å². The molecule has 1 amide bonds. The van der Waals surface area contributed by atoms with Gasteiger partial charge in [-0.1, -0.05) is 0 Å². The van der Waals surface area contributed by atoms with Crippen LogP contribution in [0.1, 0.15) is 51.6 Å². The molecule has 1 aliphatic carbocycles. The van der Waals surface area contributed by atoms with Crippen molar-refractivity contribution < 1.29 is 14.6 Å². The third-order valence-electron chi connectivity index (χ3n) is 5.84. The summed E-state index contributed by atoms with van der Waals surface area (Å²) in [7, 11) is 0. The largest absolute Gasteiger partial charge is 0.488 e. The van der Waals surface area contributed by atoms with Gasteiger partial charge >= 0.3 is 0 Å². The number of imidazole rings is 1. The maximum Gasteiger partial charge on any atom is 0.220 e. The Morgan fingerprint density at radius 2 is 2.26 bits per heavy atom. The van der Waals surface area contributed by atoms with Crippen molar-refractivity contribution in [1.82, 2.24) is 20.2 Å². The van der Waals surface area contributed by atoms with E-state index < -0.39 is 5.60 Å². The van der Waals surface area contributed by atoms with Crippen molar-refractivity contribution in [2.75, 3.05) is 13.1 Å². The first-order valence-electron chi connectivity index (χ1n) is 10.9. The smallest absolute Gasteiger partial charge is 0.220 e. The van der Waals surface area contributed by atoms with Gasteiger partial charge in [0.05, 0.1) is 17.4 Å². The van der Waals surface area contributed by atoms with E-state index in [9.17, 15) is 9.90 Å². The monoisotopic (exact) mass is 425 g/mol. The van der Waals surface area contributed by atoms with Crippen molar-refractivity contribution >= 4 is 28.7 Å². The number of carbonyl (C=O) groups excluding carboxylic acids is 1. The number of rotatable bonds is 9. The van der Waals surface area contributed by atoms with Crippen LogP contribution in [0.25, 0.3) is 16.6 Å². The molecule has 8 heteroatoms. The number of ether oxygens (including phenoxy) is 1. The molecule has 1 saturated heterocycles. The number of nitrogens with one attached hydrogen (secondary N) is 3. The fourth-order valence-corrected chi connectivity index (χ4v) is 3.89. The van der Waals surface area contributed by atoms with Gasteiger partial charge in [0.2, 0.25) is 5.91 Å². The van der Waals surface area contributed by atoms with E-state index >= 15 is 0 Å². The van der Waals surface area contributed by atoms with Gasteiger partial charge in [0, 0.05) is 49.5 Å². The fraction of sp³-hybridized carbons (Fsp3) is 0.522. The van der Waals surface area contributed by atoms with Crippen molar-refractivity contribution in [2.24, 2.45) is 5.92 Å². The predicted octanol–water partition coefficient (Wildman–Crippen LogP) is 2.63. The summed E-state index contributed by atoms with van der Waals surface area (Å²) in [5.41, 5.74) is 2.41. The Hall–Kier alpha value is -2.87. The summed E-state index contributed by atoms with van der Waals surface area (Å²) in [6.45, 7) is 6.44. The number of hydrogen-bond acceptors (Lipinski definition) is 6. The molecular formula is C23H31N5O3. The molecule has 31 heavy (non-hydrogen) atoms. The molecule has 8 nitrogen and oxygen atoms in total. The van der Waals surface area contributed by atoms with E-state index in [1.165, 1.54) is 6.21 Å². The van der Waals surface area contributed by atoms with Crippen LogP contribution in [0.2, 0.25) is 0 Å². The number of aromatic nitrogens is 2. The van der Waals surface area contributed by atoms with Gasteiger partial charge in [0.15, 0.2) is 0 Å². The Bertz CT molecular complexity index is 1020. The molecule has 0 spiro atoms. The highest BCUT2D eigenvalue weighted by atomic mass is 16.5. The molecule has 166 valence electrons. The lowest BCUT2D eigenvalue weighted by molar-refractivity contribution is -0.119. The zero-order valence-corrected chi connectivity index (χ0v) is 18.3. The molecule has 2 atom stereocenters. The Morgan fingerprint density at radius 1 is 1.48 bits per heavy atom. The Balaban J connectivity index is 1.68. The maximum atomic E-state index is 11.6. The van der Waals surface area contributed by atoms with Crippen molar-refractivity contribution in [3.63, 3.8) is 0 Å². The average Bonchev–Trinajstić information content (AvgIpc) is 3.30. The van der Waals surface area contributed by atoms with Crippen molar-refractivity contribution in [1.29, 1.82) is 5.41 Å². The van der Waals surface area contributed by atoms with Crippen LogP contribution < -0.4 is 15.4 Å². The normalized spacial score (nSPS) is 20.6. The highest BCUT2D eigenvalue weighted by Crippen LogP contribution is 2.41. The molecule has 2 fully saturated rings. The fourth-order valence-electron chi connectivity index (χ4n) is 3.89. The van der Waals surface area contributed by atoms with E-state index in [1.54, 1.807) is 20.0 Å². The van der Waals surface area contributed by atoms with Crippen LogP contribution in [0, 0.1) is 11.3 Å². The van der Waals surface area contributed by atoms with E-state index in [0.717, 1.165) is 35.2 Å². The SMILES string of the molecule is C[C@@H](Oc1cc(/C(C=N)=C/NCC(C)(C)O)cc2ncn(C3CC3)c12)[C@H]1CNC(=O)C1. The quantitative estimate of drug-likeness (QED) is 0.462. The van der Waals surface area contributed by atoms with Gasteiger partial charge in [0.1, 0.15) is 17.4 Å².